The largest absolute Gasteiger partial charge is 0.388 e. The second-order valence-electron chi connectivity index (χ2n) is 8.11. The van der Waals surface area contributed by atoms with Crippen molar-refractivity contribution in [2.75, 3.05) is 0 Å². The van der Waals surface area contributed by atoms with Crippen molar-refractivity contribution in [2.45, 2.75) is 84.2 Å². The van der Waals surface area contributed by atoms with Crippen LogP contribution in [0.2, 0.25) is 0 Å². The molecule has 1 N–H and O–H groups in total. The molecule has 1 unspecified atom stereocenters. The van der Waals surface area contributed by atoms with Crippen molar-refractivity contribution in [2.24, 2.45) is 5.92 Å². The molecule has 0 bridgehead atoms. The molecule has 2 aliphatic carbocycles. The van der Waals surface area contributed by atoms with Crippen LogP contribution in [0.15, 0.2) is 55.1 Å². The number of nitrogens with zero attached hydrogens (tertiary/aromatic N) is 2. The van der Waals surface area contributed by atoms with Crippen LogP contribution in [0.5, 0.6) is 0 Å². The van der Waals surface area contributed by atoms with Crippen molar-refractivity contribution in [1.29, 1.82) is 0 Å². The van der Waals surface area contributed by atoms with Crippen molar-refractivity contribution in [3.05, 3.63) is 71.8 Å². The topological polar surface area (TPSA) is 37.5 Å². The molecule has 3 aromatic rings. The van der Waals surface area contributed by atoms with Gasteiger partial charge in [-0.15, -0.1) is 0 Å². The molecule has 0 saturated heterocycles. The third kappa shape index (κ3) is 4.78. The Hall–Kier alpha value is -2.13. The fourth-order valence-corrected chi connectivity index (χ4v) is 4.83. The molecule has 3 heteroatoms. The van der Waals surface area contributed by atoms with Crippen molar-refractivity contribution < 1.29 is 5.11 Å². The van der Waals surface area contributed by atoms with E-state index in [0.717, 1.165) is 23.9 Å². The fourth-order valence-electron chi connectivity index (χ4n) is 4.83. The fraction of sp³-hybridized carbons (Fsp3) is 0.519. The van der Waals surface area contributed by atoms with Gasteiger partial charge in [-0.25, -0.2) is 4.98 Å². The Balaban J connectivity index is 0.000000606. The maximum Gasteiger partial charge on any atom is 0.0992 e. The highest BCUT2D eigenvalue weighted by molar-refractivity contribution is 5.59. The predicted octanol–water partition coefficient (Wildman–Crippen LogP) is 7.27. The van der Waals surface area contributed by atoms with Crippen LogP contribution < -0.4 is 0 Å². The maximum atomic E-state index is 11.3. The minimum atomic E-state index is -0.372. The summed E-state index contributed by atoms with van der Waals surface area (Å²) in [5, 5.41) is 11.3. The van der Waals surface area contributed by atoms with Gasteiger partial charge in [-0.2, -0.15) is 0 Å². The maximum absolute atomic E-state index is 11.3. The molecule has 30 heavy (non-hydrogen) atoms. The number of aliphatic hydroxyl groups excluding tert-OH is 1. The van der Waals surface area contributed by atoms with Crippen LogP contribution in [-0.4, -0.2) is 14.5 Å². The number of hydrogen-bond donors (Lipinski definition) is 1. The van der Waals surface area contributed by atoms with E-state index in [4.69, 9.17) is 0 Å². The van der Waals surface area contributed by atoms with Gasteiger partial charge in [-0.1, -0.05) is 58.0 Å². The first kappa shape index (κ1) is 22.6. The van der Waals surface area contributed by atoms with Gasteiger partial charge in [0.25, 0.3) is 0 Å². The number of imidazole rings is 1. The summed E-state index contributed by atoms with van der Waals surface area (Å²) in [5.41, 5.74) is 5.05. The number of aliphatic hydroxyl groups is 1. The van der Waals surface area contributed by atoms with Crippen LogP contribution in [0.4, 0.5) is 0 Å². The zero-order valence-corrected chi connectivity index (χ0v) is 19.1. The molecule has 2 heterocycles. The number of pyridine rings is 1. The van der Waals surface area contributed by atoms with Gasteiger partial charge in [-0.3, -0.25) is 0 Å². The zero-order chi connectivity index (χ0) is 21.5. The van der Waals surface area contributed by atoms with Crippen molar-refractivity contribution in [1.82, 2.24) is 9.38 Å². The molecule has 5 rings (SSSR count). The Morgan fingerprint density at radius 2 is 1.50 bits per heavy atom. The second-order valence-corrected chi connectivity index (χ2v) is 8.11. The number of rotatable bonds is 4. The van der Waals surface area contributed by atoms with E-state index in [1.807, 2.05) is 40.2 Å². The van der Waals surface area contributed by atoms with E-state index in [1.54, 1.807) is 0 Å². The Morgan fingerprint density at radius 1 is 0.867 bits per heavy atom. The van der Waals surface area contributed by atoms with Crippen molar-refractivity contribution in [3.63, 3.8) is 0 Å². The smallest absolute Gasteiger partial charge is 0.0992 e. The zero-order valence-electron chi connectivity index (χ0n) is 19.1. The molecule has 162 valence electrons. The van der Waals surface area contributed by atoms with Crippen LogP contribution in [0.3, 0.4) is 0 Å². The summed E-state index contributed by atoms with van der Waals surface area (Å²) >= 11 is 0. The third-order valence-electron chi connectivity index (χ3n) is 6.47. The minimum absolute atomic E-state index is 0.355. The lowest BCUT2D eigenvalue weighted by Crippen LogP contribution is -2.21. The molecular weight excluding hydrogens is 368 g/mol. The van der Waals surface area contributed by atoms with E-state index in [-0.39, 0.29) is 6.10 Å². The lowest BCUT2D eigenvalue weighted by Gasteiger charge is -2.33. The van der Waals surface area contributed by atoms with Gasteiger partial charge in [0, 0.05) is 11.8 Å². The van der Waals surface area contributed by atoms with Crippen LogP contribution in [0.25, 0.3) is 5.52 Å². The van der Waals surface area contributed by atoms with Gasteiger partial charge in [0.2, 0.25) is 0 Å². The normalized spacial score (nSPS) is 21.8. The first-order chi connectivity index (χ1) is 14.8. The quantitative estimate of drug-likeness (QED) is 0.494. The molecule has 1 atom stereocenters. The van der Waals surface area contributed by atoms with E-state index < -0.39 is 0 Å². The van der Waals surface area contributed by atoms with E-state index >= 15 is 0 Å². The van der Waals surface area contributed by atoms with E-state index in [1.165, 1.54) is 36.8 Å². The molecule has 1 aromatic carbocycles. The summed E-state index contributed by atoms with van der Waals surface area (Å²) in [7, 11) is 0. The monoisotopic (exact) mass is 406 g/mol. The Morgan fingerprint density at radius 3 is 2.13 bits per heavy atom. The van der Waals surface area contributed by atoms with Crippen LogP contribution in [-0.2, 0) is 0 Å². The van der Waals surface area contributed by atoms with Gasteiger partial charge in [0.1, 0.15) is 0 Å². The molecular formula is C27H38N2O. The summed E-state index contributed by atoms with van der Waals surface area (Å²) in [4.78, 5) is 4.31. The number of benzene rings is 1. The molecule has 2 fully saturated rings. The van der Waals surface area contributed by atoms with Gasteiger partial charge in [0.05, 0.1) is 24.1 Å². The third-order valence-corrected chi connectivity index (χ3v) is 6.47. The van der Waals surface area contributed by atoms with E-state index in [0.29, 0.717) is 17.8 Å². The van der Waals surface area contributed by atoms with Crippen LogP contribution in [0, 0.1) is 5.92 Å². The average molecular weight is 407 g/mol. The molecule has 2 saturated carbocycles. The van der Waals surface area contributed by atoms with E-state index in [9.17, 15) is 5.11 Å². The minimum Gasteiger partial charge on any atom is -0.388 e. The summed E-state index contributed by atoms with van der Waals surface area (Å²) in [6, 6.07) is 13.1. The summed E-state index contributed by atoms with van der Waals surface area (Å²) < 4.78 is 2.06. The number of hydrogen-bond acceptors (Lipinski definition) is 2. The summed E-state index contributed by atoms with van der Waals surface area (Å²) in [5.74, 6) is 1.64. The second kappa shape index (κ2) is 10.8. The Bertz CT molecular complexity index is 890. The highest BCUT2D eigenvalue weighted by Gasteiger charge is 2.34. The molecule has 2 aromatic heterocycles. The predicted molar refractivity (Wildman–Crippen MR) is 126 cm³/mol. The van der Waals surface area contributed by atoms with Crippen LogP contribution in [0.1, 0.15) is 101 Å². The molecule has 3 nitrogen and oxygen atoms in total. The van der Waals surface area contributed by atoms with Crippen molar-refractivity contribution in [3.8, 4) is 0 Å². The number of fused-ring (bicyclic) bond motifs is 1. The van der Waals surface area contributed by atoms with Gasteiger partial charge in [0.15, 0.2) is 0 Å². The molecule has 2 aliphatic rings. The van der Waals surface area contributed by atoms with Crippen molar-refractivity contribution >= 4 is 5.52 Å². The standard InChI is InChI=1S/C23H26N2O.2C2H6/c26-23(19-10-6-17(7-11-19)16-4-2-1-3-5-16)22-20(18-8-9-18)12-13-25-15-24-14-21(22)25;2*1-2/h1-5,12-15,17-19,23,26H,6-11H2;2*1-2H3. The summed E-state index contributed by atoms with van der Waals surface area (Å²) in [6.07, 6.45) is 12.5. The van der Waals surface area contributed by atoms with Gasteiger partial charge < -0.3 is 9.51 Å². The molecule has 0 amide bonds. The molecule has 0 radical (unpaired) electrons. The molecule has 0 spiro atoms. The number of aromatic nitrogens is 2. The lowest BCUT2D eigenvalue weighted by molar-refractivity contribution is 0.0810. The summed E-state index contributed by atoms with van der Waals surface area (Å²) in [6.45, 7) is 8.00. The average Bonchev–Trinajstić information content (AvgIpc) is 3.57. The first-order valence-electron chi connectivity index (χ1n) is 12.0. The van der Waals surface area contributed by atoms with Gasteiger partial charge >= 0.3 is 0 Å². The van der Waals surface area contributed by atoms with E-state index in [2.05, 4.69) is 52.0 Å². The molecule has 0 aliphatic heterocycles. The first-order valence-corrected chi connectivity index (χ1v) is 12.0. The van der Waals surface area contributed by atoms with Crippen LogP contribution >= 0.6 is 0 Å². The van der Waals surface area contributed by atoms with Gasteiger partial charge in [-0.05, 0) is 73.5 Å². The lowest BCUT2D eigenvalue weighted by atomic mass is 9.75. The SMILES string of the molecule is CC.CC.OC(c1c(C2CC2)ccn2cncc12)C1CCC(c2ccccc2)CC1. The highest BCUT2D eigenvalue weighted by atomic mass is 16.3. The Labute approximate surface area is 182 Å². The highest BCUT2D eigenvalue weighted by Crippen LogP contribution is 2.47. The Kier molecular flexibility index (Phi) is 8.09.